The maximum atomic E-state index is 5.75. The Morgan fingerprint density at radius 2 is 2.33 bits per heavy atom. The third-order valence-electron chi connectivity index (χ3n) is 2.43. The second-order valence-electron chi connectivity index (χ2n) is 3.64. The highest BCUT2D eigenvalue weighted by molar-refractivity contribution is 7.15. The molecule has 0 aliphatic heterocycles. The van der Waals surface area contributed by atoms with Crippen LogP contribution in [0, 0.1) is 0 Å². The van der Waals surface area contributed by atoms with E-state index in [4.69, 9.17) is 16.3 Å². The van der Waals surface area contributed by atoms with Gasteiger partial charge in [0.1, 0.15) is 5.01 Å². The van der Waals surface area contributed by atoms with Gasteiger partial charge < -0.3 is 4.74 Å². The minimum absolute atomic E-state index is 0.521. The molecule has 1 aromatic rings. The number of halogens is 1. The molecule has 6 heteroatoms. The van der Waals surface area contributed by atoms with Crippen LogP contribution in [0.5, 0.6) is 0 Å². The average Bonchev–Trinajstić information content (AvgIpc) is 2.98. The summed E-state index contributed by atoms with van der Waals surface area (Å²) in [6.45, 7) is 2.57. The topological polar surface area (TPSA) is 38.2 Å². The van der Waals surface area contributed by atoms with Crippen LogP contribution in [0.25, 0.3) is 0 Å². The Kier molecular flexibility index (Phi) is 3.91. The summed E-state index contributed by atoms with van der Waals surface area (Å²) in [6.07, 6.45) is 2.58. The van der Waals surface area contributed by atoms with Crippen LogP contribution in [0.15, 0.2) is 0 Å². The summed E-state index contributed by atoms with van der Waals surface area (Å²) in [6, 6.07) is 0.711. The van der Waals surface area contributed by atoms with Crippen LogP contribution in [0.2, 0.25) is 4.47 Å². The summed E-state index contributed by atoms with van der Waals surface area (Å²) in [4.78, 5) is 2.39. The van der Waals surface area contributed by atoms with E-state index in [-0.39, 0.29) is 0 Å². The maximum absolute atomic E-state index is 5.75. The highest BCUT2D eigenvalue weighted by atomic mass is 35.5. The van der Waals surface area contributed by atoms with Gasteiger partial charge in [0.05, 0.1) is 13.2 Å². The molecule has 0 unspecified atom stereocenters. The van der Waals surface area contributed by atoms with Gasteiger partial charge in [0.25, 0.3) is 0 Å². The molecule has 1 heterocycles. The van der Waals surface area contributed by atoms with Crippen molar-refractivity contribution >= 4 is 22.9 Å². The first kappa shape index (κ1) is 11.3. The molecular formula is C9H14ClN3OS. The van der Waals surface area contributed by atoms with Crippen LogP contribution < -0.4 is 0 Å². The van der Waals surface area contributed by atoms with Gasteiger partial charge in [-0.3, -0.25) is 4.90 Å². The van der Waals surface area contributed by atoms with Crippen molar-refractivity contribution in [1.82, 2.24) is 15.1 Å². The van der Waals surface area contributed by atoms with E-state index in [0.717, 1.165) is 24.7 Å². The number of rotatable bonds is 6. The lowest BCUT2D eigenvalue weighted by Crippen LogP contribution is -2.29. The minimum atomic E-state index is 0.521. The zero-order chi connectivity index (χ0) is 10.7. The minimum Gasteiger partial charge on any atom is -0.383 e. The largest absolute Gasteiger partial charge is 0.383 e. The molecule has 0 amide bonds. The molecular weight excluding hydrogens is 234 g/mol. The third kappa shape index (κ3) is 3.38. The predicted octanol–water partition coefficient (Wildman–Crippen LogP) is 1.80. The van der Waals surface area contributed by atoms with E-state index in [9.17, 15) is 0 Å². The van der Waals surface area contributed by atoms with Crippen molar-refractivity contribution in [3.63, 3.8) is 0 Å². The van der Waals surface area contributed by atoms with Crippen LogP contribution in [0.4, 0.5) is 0 Å². The zero-order valence-corrected chi connectivity index (χ0v) is 10.2. The van der Waals surface area contributed by atoms with Gasteiger partial charge in [-0.1, -0.05) is 11.3 Å². The summed E-state index contributed by atoms with van der Waals surface area (Å²) in [5.41, 5.74) is 0. The summed E-state index contributed by atoms with van der Waals surface area (Å²) in [5.74, 6) is 0. The molecule has 1 aliphatic rings. The number of hydrogen-bond acceptors (Lipinski definition) is 5. The first-order valence-corrected chi connectivity index (χ1v) is 6.20. The van der Waals surface area contributed by atoms with E-state index in [1.807, 2.05) is 0 Å². The fourth-order valence-electron chi connectivity index (χ4n) is 1.51. The average molecular weight is 248 g/mol. The molecule has 1 saturated carbocycles. The smallest absolute Gasteiger partial charge is 0.207 e. The van der Waals surface area contributed by atoms with Crippen LogP contribution in [0.3, 0.4) is 0 Å². The Morgan fingerprint density at radius 3 is 2.87 bits per heavy atom. The normalized spacial score (nSPS) is 16.2. The van der Waals surface area contributed by atoms with Crippen LogP contribution in [-0.4, -0.2) is 41.4 Å². The second-order valence-corrected chi connectivity index (χ2v) is 5.29. The quantitative estimate of drug-likeness (QED) is 0.769. The fraction of sp³-hybridized carbons (Fsp3) is 0.778. The van der Waals surface area contributed by atoms with E-state index in [1.54, 1.807) is 7.11 Å². The Morgan fingerprint density at radius 1 is 1.53 bits per heavy atom. The first-order chi connectivity index (χ1) is 7.29. The van der Waals surface area contributed by atoms with Gasteiger partial charge in [-0.05, 0) is 24.4 Å². The van der Waals surface area contributed by atoms with E-state index < -0.39 is 0 Å². The van der Waals surface area contributed by atoms with Gasteiger partial charge in [0.15, 0.2) is 0 Å². The number of aromatic nitrogens is 2. The molecule has 2 rings (SSSR count). The molecule has 0 bridgehead atoms. The molecule has 0 atom stereocenters. The third-order valence-corrected chi connectivity index (χ3v) is 3.43. The Balaban J connectivity index is 1.88. The summed E-state index contributed by atoms with van der Waals surface area (Å²) >= 11 is 7.20. The lowest BCUT2D eigenvalue weighted by molar-refractivity contribution is 0.139. The monoisotopic (exact) mass is 247 g/mol. The molecule has 0 aromatic carbocycles. The van der Waals surface area contributed by atoms with E-state index >= 15 is 0 Å². The van der Waals surface area contributed by atoms with Gasteiger partial charge >= 0.3 is 0 Å². The number of ether oxygens (including phenoxy) is 1. The van der Waals surface area contributed by atoms with Crippen molar-refractivity contribution in [3.05, 3.63) is 9.47 Å². The van der Waals surface area contributed by atoms with Crippen molar-refractivity contribution in [1.29, 1.82) is 0 Å². The molecule has 0 N–H and O–H groups in total. The molecule has 0 saturated heterocycles. The van der Waals surface area contributed by atoms with E-state index in [2.05, 4.69) is 15.1 Å². The predicted molar refractivity (Wildman–Crippen MR) is 60.2 cm³/mol. The van der Waals surface area contributed by atoms with Crippen molar-refractivity contribution in [2.24, 2.45) is 0 Å². The van der Waals surface area contributed by atoms with Gasteiger partial charge in [0.2, 0.25) is 4.47 Å². The SMILES string of the molecule is COCCN(Cc1nnc(Cl)s1)C1CC1. The fourth-order valence-corrected chi connectivity index (χ4v) is 2.40. The summed E-state index contributed by atoms with van der Waals surface area (Å²) in [7, 11) is 1.73. The van der Waals surface area contributed by atoms with Crippen LogP contribution >= 0.6 is 22.9 Å². The van der Waals surface area contributed by atoms with Crippen LogP contribution in [-0.2, 0) is 11.3 Å². The zero-order valence-electron chi connectivity index (χ0n) is 8.65. The van der Waals surface area contributed by atoms with Gasteiger partial charge in [-0.15, -0.1) is 10.2 Å². The molecule has 0 radical (unpaired) electrons. The van der Waals surface area contributed by atoms with Crippen molar-refractivity contribution in [2.75, 3.05) is 20.3 Å². The highest BCUT2D eigenvalue weighted by Gasteiger charge is 2.29. The summed E-state index contributed by atoms with van der Waals surface area (Å²) < 4.78 is 5.61. The lowest BCUT2D eigenvalue weighted by Gasteiger charge is -2.19. The van der Waals surface area contributed by atoms with Gasteiger partial charge in [-0.25, -0.2) is 0 Å². The lowest BCUT2D eigenvalue weighted by atomic mass is 10.4. The van der Waals surface area contributed by atoms with Gasteiger partial charge in [-0.2, -0.15) is 0 Å². The van der Waals surface area contributed by atoms with Crippen molar-refractivity contribution in [2.45, 2.75) is 25.4 Å². The van der Waals surface area contributed by atoms with Crippen molar-refractivity contribution < 1.29 is 4.74 Å². The molecule has 15 heavy (non-hydrogen) atoms. The van der Waals surface area contributed by atoms with Crippen molar-refractivity contribution in [3.8, 4) is 0 Å². The number of hydrogen-bond donors (Lipinski definition) is 0. The number of nitrogens with zero attached hydrogens (tertiary/aromatic N) is 3. The Labute approximate surface area is 98.2 Å². The molecule has 1 aromatic heterocycles. The second kappa shape index (κ2) is 5.21. The van der Waals surface area contributed by atoms with E-state index in [1.165, 1.54) is 24.2 Å². The van der Waals surface area contributed by atoms with Crippen LogP contribution in [0.1, 0.15) is 17.8 Å². The van der Waals surface area contributed by atoms with Gasteiger partial charge in [0, 0.05) is 19.7 Å². The molecule has 4 nitrogen and oxygen atoms in total. The molecule has 84 valence electrons. The van der Waals surface area contributed by atoms with E-state index in [0.29, 0.717) is 10.5 Å². The Hall–Kier alpha value is -0.230. The molecule has 1 fully saturated rings. The summed E-state index contributed by atoms with van der Waals surface area (Å²) in [5, 5.41) is 8.82. The highest BCUT2D eigenvalue weighted by Crippen LogP contribution is 2.28. The first-order valence-electron chi connectivity index (χ1n) is 5.00. The Bertz CT molecular complexity index is 316. The molecule has 0 spiro atoms. The standard InChI is InChI=1S/C9H14ClN3OS/c1-14-5-4-13(7-2-3-7)6-8-11-12-9(10)15-8/h7H,2-6H2,1H3. The number of methoxy groups -OCH3 is 1. The maximum Gasteiger partial charge on any atom is 0.207 e. The molecule has 1 aliphatic carbocycles.